The van der Waals surface area contributed by atoms with Crippen LogP contribution in [0.5, 0.6) is 0 Å². The van der Waals surface area contributed by atoms with Crippen LogP contribution in [0, 0.1) is 11.3 Å². The van der Waals surface area contributed by atoms with E-state index in [1.54, 1.807) is 0 Å². The first-order chi connectivity index (χ1) is 11.7. The number of likely N-dealkylation sites (tertiary alicyclic amines) is 1. The lowest BCUT2D eigenvalue weighted by molar-refractivity contribution is -0.0677. The Kier molecular flexibility index (Phi) is 7.53. The molecule has 0 spiro atoms. The van der Waals surface area contributed by atoms with Crippen LogP contribution in [0.4, 0.5) is 4.79 Å². The molecule has 1 amide bonds. The van der Waals surface area contributed by atoms with Crippen molar-refractivity contribution in [2.75, 3.05) is 20.1 Å². The molecule has 152 valence electrons. The van der Waals surface area contributed by atoms with Crippen molar-refractivity contribution in [1.29, 1.82) is 0 Å². The second-order valence-corrected chi connectivity index (χ2v) is 12.3. The first kappa shape index (κ1) is 23.2. The molecular weight excluding hydrogens is 344 g/mol. The fourth-order valence-corrected chi connectivity index (χ4v) is 4.73. The molecule has 0 aromatic rings. The highest BCUT2D eigenvalue weighted by Crippen LogP contribution is 2.46. The molecule has 26 heavy (non-hydrogen) atoms. The van der Waals surface area contributed by atoms with Gasteiger partial charge in [0.2, 0.25) is 0 Å². The van der Waals surface area contributed by atoms with Crippen LogP contribution in [-0.4, -0.2) is 51.5 Å². The lowest BCUT2D eigenvalue weighted by Crippen LogP contribution is -2.53. The zero-order chi connectivity index (χ0) is 20.3. The van der Waals surface area contributed by atoms with Gasteiger partial charge in [-0.15, -0.1) is 0 Å². The Bertz CT molecular complexity index is 508. The van der Waals surface area contributed by atoms with Crippen molar-refractivity contribution >= 4 is 15.1 Å². The second-order valence-electron chi connectivity index (χ2n) is 9.93. The molecule has 6 heteroatoms. The van der Waals surface area contributed by atoms with Gasteiger partial charge in [0.1, 0.15) is 11.3 Å². The highest BCUT2D eigenvalue weighted by Gasteiger charge is 2.53. The summed E-state index contributed by atoms with van der Waals surface area (Å²) in [7, 11) is 0.516. The third-order valence-corrected chi connectivity index (χ3v) is 5.62. The van der Waals surface area contributed by atoms with Gasteiger partial charge < -0.3 is 14.5 Å². The van der Waals surface area contributed by atoms with Crippen LogP contribution in [0.25, 0.3) is 0 Å². The molecule has 0 aliphatic carbocycles. The second kappa shape index (κ2) is 8.44. The van der Waals surface area contributed by atoms with E-state index in [-0.39, 0.29) is 11.5 Å². The van der Waals surface area contributed by atoms with Gasteiger partial charge in [-0.25, -0.2) is 4.79 Å². The molecule has 0 radical (unpaired) electrons. The summed E-state index contributed by atoms with van der Waals surface area (Å²) in [5.41, 5.74) is -0.0341. The van der Waals surface area contributed by atoms with Crippen LogP contribution in [0.15, 0.2) is 12.2 Å². The summed E-state index contributed by atoms with van der Waals surface area (Å²) in [6.45, 7) is 22.3. The molecule has 0 bridgehead atoms. The minimum atomic E-state index is -1.39. The Hall–Kier alpha value is -0.853. The Labute approximate surface area is 162 Å². The molecule has 0 unspecified atom stereocenters. The van der Waals surface area contributed by atoms with Gasteiger partial charge in [-0.3, -0.25) is 4.90 Å². The predicted molar refractivity (Wildman–Crippen MR) is 111 cm³/mol. The number of rotatable bonds is 6. The summed E-state index contributed by atoms with van der Waals surface area (Å²) in [6.07, 6.45) is 1.19. The Morgan fingerprint density at radius 1 is 1.27 bits per heavy atom. The molecule has 1 saturated heterocycles. The number of likely N-dealkylation sites (N-methyl/N-ethyl adjacent to an activating group) is 1. The summed E-state index contributed by atoms with van der Waals surface area (Å²) in [6, 6.07) is 0. The normalized spacial score (nSPS) is 24.2. The number of amides is 1. The lowest BCUT2D eigenvalue weighted by atomic mass is 9.78. The summed E-state index contributed by atoms with van der Waals surface area (Å²) in [5.74, 6) is 0.352. The third kappa shape index (κ3) is 6.39. The van der Waals surface area contributed by atoms with E-state index in [1.165, 1.54) is 0 Å². The Morgan fingerprint density at radius 3 is 2.27 bits per heavy atom. The van der Waals surface area contributed by atoms with Crippen LogP contribution in [0.2, 0.25) is 13.1 Å². The quantitative estimate of drug-likeness (QED) is 0.552. The SMILES string of the molecule is C=C(CNC)C[C@@]1(O[SiH](C)C)C[C@H](C(C)(C)C)CN1C(=O)OC(C)(C)C. The highest BCUT2D eigenvalue weighted by molar-refractivity contribution is 6.48. The smallest absolute Gasteiger partial charge is 0.412 e. The number of nitrogens with one attached hydrogen (secondary N) is 1. The molecule has 2 atom stereocenters. The largest absolute Gasteiger partial charge is 0.444 e. The van der Waals surface area contributed by atoms with E-state index >= 15 is 0 Å². The van der Waals surface area contributed by atoms with E-state index in [1.807, 2.05) is 32.7 Å². The van der Waals surface area contributed by atoms with Crippen LogP contribution in [-0.2, 0) is 9.16 Å². The van der Waals surface area contributed by atoms with E-state index in [0.29, 0.717) is 25.4 Å². The van der Waals surface area contributed by atoms with Crippen molar-refractivity contribution in [3.05, 3.63) is 12.2 Å². The number of carbonyl (C=O) groups excluding carboxylic acids is 1. The maximum atomic E-state index is 13.1. The zero-order valence-corrected chi connectivity index (χ0v) is 19.5. The van der Waals surface area contributed by atoms with Gasteiger partial charge in [0.05, 0.1) is 0 Å². The number of nitrogens with zero attached hydrogens (tertiary/aromatic N) is 1. The van der Waals surface area contributed by atoms with Crippen molar-refractivity contribution < 1.29 is 14.0 Å². The monoisotopic (exact) mass is 384 g/mol. The maximum absolute atomic E-state index is 13.1. The number of ether oxygens (including phenoxy) is 1. The van der Waals surface area contributed by atoms with Crippen molar-refractivity contribution in [1.82, 2.24) is 10.2 Å². The molecule has 1 aliphatic heterocycles. The predicted octanol–water partition coefficient (Wildman–Crippen LogP) is 4.15. The van der Waals surface area contributed by atoms with E-state index in [4.69, 9.17) is 9.16 Å². The average Bonchev–Trinajstić information content (AvgIpc) is 2.75. The summed E-state index contributed by atoms with van der Waals surface area (Å²) >= 11 is 0. The maximum Gasteiger partial charge on any atom is 0.412 e. The van der Waals surface area contributed by atoms with Crippen molar-refractivity contribution in [2.24, 2.45) is 11.3 Å². The van der Waals surface area contributed by atoms with Crippen LogP contribution >= 0.6 is 0 Å². The minimum absolute atomic E-state index is 0.0915. The van der Waals surface area contributed by atoms with Crippen LogP contribution in [0.1, 0.15) is 54.4 Å². The van der Waals surface area contributed by atoms with E-state index < -0.39 is 20.4 Å². The van der Waals surface area contributed by atoms with Crippen molar-refractivity contribution in [3.8, 4) is 0 Å². The molecule has 1 fully saturated rings. The van der Waals surface area contributed by atoms with E-state index in [9.17, 15) is 4.79 Å². The van der Waals surface area contributed by atoms with Gasteiger partial charge >= 0.3 is 6.09 Å². The first-order valence-corrected chi connectivity index (χ1v) is 12.5. The van der Waals surface area contributed by atoms with Gasteiger partial charge in [-0.05, 0) is 58.7 Å². The van der Waals surface area contributed by atoms with Gasteiger partial charge in [0.25, 0.3) is 0 Å². The van der Waals surface area contributed by atoms with E-state index in [2.05, 4.69) is 45.8 Å². The molecule has 5 nitrogen and oxygen atoms in total. The number of carbonyl (C=O) groups is 1. The number of hydrogen-bond acceptors (Lipinski definition) is 4. The molecule has 1 aliphatic rings. The van der Waals surface area contributed by atoms with Gasteiger partial charge in [0, 0.05) is 19.5 Å². The minimum Gasteiger partial charge on any atom is -0.444 e. The molecule has 0 aromatic heterocycles. The molecule has 1 rings (SSSR count). The van der Waals surface area contributed by atoms with Gasteiger partial charge in [-0.2, -0.15) is 0 Å². The van der Waals surface area contributed by atoms with Gasteiger partial charge in [-0.1, -0.05) is 32.9 Å². The van der Waals surface area contributed by atoms with Crippen molar-refractivity contribution in [3.63, 3.8) is 0 Å². The fraction of sp³-hybridized carbons (Fsp3) is 0.850. The van der Waals surface area contributed by atoms with Crippen molar-refractivity contribution in [2.45, 2.75) is 78.8 Å². The molecule has 0 aromatic carbocycles. The zero-order valence-electron chi connectivity index (χ0n) is 18.4. The third-order valence-electron chi connectivity index (χ3n) is 4.71. The van der Waals surface area contributed by atoms with Crippen LogP contribution < -0.4 is 5.32 Å². The fourth-order valence-electron chi connectivity index (χ4n) is 3.55. The molecule has 1 heterocycles. The van der Waals surface area contributed by atoms with Gasteiger partial charge in [0.15, 0.2) is 9.04 Å². The average molecular weight is 385 g/mol. The summed E-state index contributed by atoms with van der Waals surface area (Å²) in [5, 5.41) is 3.16. The first-order valence-electron chi connectivity index (χ1n) is 9.70. The highest BCUT2D eigenvalue weighted by atomic mass is 28.3. The topological polar surface area (TPSA) is 50.8 Å². The molecular formula is C20H40N2O3Si. The summed E-state index contributed by atoms with van der Waals surface area (Å²) in [4.78, 5) is 14.9. The Balaban J connectivity index is 3.26. The molecule has 0 saturated carbocycles. The standard InChI is InChI=1S/C20H40N2O3Si/c1-15(13-21-8)11-20(25-26(9)10)12-16(18(2,3)4)14-22(20)17(23)24-19(5,6)7/h16,21,26H,1,11-14H2,2-10H3/t16-,20+/m0/s1. The Morgan fingerprint density at radius 2 is 1.85 bits per heavy atom. The molecule has 1 N–H and O–H groups in total. The lowest BCUT2D eigenvalue weighted by Gasteiger charge is -2.41. The summed E-state index contributed by atoms with van der Waals surface area (Å²) < 4.78 is 12.3. The number of hydrogen-bond donors (Lipinski definition) is 1. The van der Waals surface area contributed by atoms with E-state index in [0.717, 1.165) is 12.0 Å². The van der Waals surface area contributed by atoms with Crippen LogP contribution in [0.3, 0.4) is 0 Å².